The van der Waals surface area contributed by atoms with Crippen molar-refractivity contribution in [1.82, 2.24) is 9.88 Å². The zero-order valence-corrected chi connectivity index (χ0v) is 19.7. The molecule has 1 aliphatic rings. The van der Waals surface area contributed by atoms with Crippen molar-refractivity contribution in [1.29, 1.82) is 0 Å². The van der Waals surface area contributed by atoms with E-state index in [1.165, 1.54) is 0 Å². The smallest absolute Gasteiger partial charge is 0.275 e. The second-order valence-corrected chi connectivity index (χ2v) is 8.68. The summed E-state index contributed by atoms with van der Waals surface area (Å²) in [5.41, 5.74) is 2.90. The van der Waals surface area contributed by atoms with Crippen LogP contribution in [0.5, 0.6) is 0 Å². The number of nitrogens with zero attached hydrogens (tertiary/aromatic N) is 2. The van der Waals surface area contributed by atoms with Crippen LogP contribution in [0.1, 0.15) is 41.9 Å². The number of fused-ring (bicyclic) bond motifs is 1. The lowest BCUT2D eigenvalue weighted by Crippen LogP contribution is -2.64. The van der Waals surface area contributed by atoms with Crippen molar-refractivity contribution in [3.63, 3.8) is 0 Å². The number of amides is 2. The summed E-state index contributed by atoms with van der Waals surface area (Å²) in [5, 5.41) is 3.03. The first-order chi connectivity index (χ1) is 15.9. The minimum Gasteiger partial charge on any atom is -0.463 e. The lowest BCUT2D eigenvalue weighted by atomic mass is 9.92. The van der Waals surface area contributed by atoms with Crippen LogP contribution in [0.4, 0.5) is 5.69 Å². The summed E-state index contributed by atoms with van der Waals surface area (Å²) in [6, 6.07) is 13.3. The van der Waals surface area contributed by atoms with E-state index in [2.05, 4.69) is 5.32 Å². The Labute approximate surface area is 194 Å². The molecule has 2 aromatic heterocycles. The average Bonchev–Trinajstić information content (AvgIpc) is 3.45. The molecule has 1 atom stereocenters. The van der Waals surface area contributed by atoms with Crippen LogP contribution < -0.4 is 10.2 Å². The van der Waals surface area contributed by atoms with Gasteiger partial charge in [0.15, 0.2) is 0 Å². The fourth-order valence-electron chi connectivity index (χ4n) is 4.40. The van der Waals surface area contributed by atoms with Gasteiger partial charge in [-0.1, -0.05) is 12.1 Å². The van der Waals surface area contributed by atoms with Gasteiger partial charge in [-0.2, -0.15) is 0 Å². The zero-order chi connectivity index (χ0) is 23.6. The van der Waals surface area contributed by atoms with Gasteiger partial charge in [0.25, 0.3) is 5.91 Å². The SMILES string of the molecule is CCOCCCNC(=O)[C@@]1(C)Cn2c(ccc2-c2ccco2)C(=O)N1c1cc(C)ccc1C. The maximum absolute atomic E-state index is 13.9. The largest absolute Gasteiger partial charge is 0.463 e. The highest BCUT2D eigenvalue weighted by molar-refractivity contribution is 6.12. The summed E-state index contributed by atoms with van der Waals surface area (Å²) in [6.45, 7) is 9.74. The van der Waals surface area contributed by atoms with Crippen LogP contribution >= 0.6 is 0 Å². The second kappa shape index (κ2) is 9.27. The zero-order valence-electron chi connectivity index (χ0n) is 19.7. The Bertz CT molecular complexity index is 1150. The molecule has 3 aromatic rings. The minimum absolute atomic E-state index is 0.196. The predicted molar refractivity (Wildman–Crippen MR) is 127 cm³/mol. The Hall–Kier alpha value is -3.32. The molecule has 0 unspecified atom stereocenters. The molecule has 0 fully saturated rings. The fraction of sp³-hybridized carbons (Fsp3) is 0.385. The first-order valence-electron chi connectivity index (χ1n) is 11.4. The molecule has 0 spiro atoms. The Morgan fingerprint density at radius 2 is 1.97 bits per heavy atom. The summed E-state index contributed by atoms with van der Waals surface area (Å²) in [7, 11) is 0. The van der Waals surface area contributed by atoms with Gasteiger partial charge in [0.1, 0.15) is 17.0 Å². The van der Waals surface area contributed by atoms with E-state index in [0.717, 1.165) is 22.5 Å². The van der Waals surface area contributed by atoms with Crippen LogP contribution in [0, 0.1) is 13.8 Å². The van der Waals surface area contributed by atoms with E-state index in [4.69, 9.17) is 9.15 Å². The lowest BCUT2D eigenvalue weighted by Gasteiger charge is -2.44. The van der Waals surface area contributed by atoms with Crippen molar-refractivity contribution in [3.05, 3.63) is 65.5 Å². The highest BCUT2D eigenvalue weighted by Gasteiger charge is 2.49. The number of carbonyl (C=O) groups is 2. The van der Waals surface area contributed by atoms with Crippen molar-refractivity contribution in [2.24, 2.45) is 0 Å². The molecule has 4 rings (SSSR count). The third-order valence-corrected chi connectivity index (χ3v) is 6.19. The van der Waals surface area contributed by atoms with E-state index in [1.54, 1.807) is 17.2 Å². The Morgan fingerprint density at radius 3 is 2.70 bits per heavy atom. The molecule has 1 aliphatic heterocycles. The summed E-state index contributed by atoms with van der Waals surface area (Å²) in [6.07, 6.45) is 2.31. The summed E-state index contributed by atoms with van der Waals surface area (Å²) in [4.78, 5) is 29.2. The maximum atomic E-state index is 13.9. The van der Waals surface area contributed by atoms with E-state index in [1.807, 2.05) is 68.7 Å². The molecule has 1 aromatic carbocycles. The van der Waals surface area contributed by atoms with Gasteiger partial charge in [-0.3, -0.25) is 14.5 Å². The van der Waals surface area contributed by atoms with Crippen molar-refractivity contribution in [2.75, 3.05) is 24.7 Å². The Morgan fingerprint density at radius 1 is 1.18 bits per heavy atom. The molecule has 0 saturated carbocycles. The third-order valence-electron chi connectivity index (χ3n) is 6.19. The van der Waals surface area contributed by atoms with Gasteiger partial charge in [0.2, 0.25) is 5.91 Å². The molecule has 174 valence electrons. The van der Waals surface area contributed by atoms with E-state index in [-0.39, 0.29) is 11.8 Å². The minimum atomic E-state index is -1.13. The molecular weight excluding hydrogens is 418 g/mol. The number of furan rings is 1. The van der Waals surface area contributed by atoms with Crippen molar-refractivity contribution in [3.8, 4) is 11.5 Å². The van der Waals surface area contributed by atoms with Crippen LogP contribution in [-0.2, 0) is 16.1 Å². The molecule has 0 radical (unpaired) electrons. The summed E-state index contributed by atoms with van der Waals surface area (Å²) < 4.78 is 12.9. The number of hydrogen-bond acceptors (Lipinski definition) is 4. The number of ether oxygens (including phenoxy) is 1. The highest BCUT2D eigenvalue weighted by Crippen LogP contribution is 2.38. The summed E-state index contributed by atoms with van der Waals surface area (Å²) in [5.74, 6) is 0.256. The fourth-order valence-corrected chi connectivity index (χ4v) is 4.40. The van der Waals surface area contributed by atoms with Gasteiger partial charge in [0, 0.05) is 25.4 Å². The van der Waals surface area contributed by atoms with E-state index in [0.29, 0.717) is 44.2 Å². The molecule has 3 heterocycles. The van der Waals surface area contributed by atoms with E-state index in [9.17, 15) is 9.59 Å². The van der Waals surface area contributed by atoms with Crippen molar-refractivity contribution < 1.29 is 18.7 Å². The monoisotopic (exact) mass is 449 g/mol. The van der Waals surface area contributed by atoms with Crippen LogP contribution in [-0.4, -0.2) is 41.7 Å². The van der Waals surface area contributed by atoms with Gasteiger partial charge in [0.05, 0.1) is 18.5 Å². The Kier molecular flexibility index (Phi) is 6.42. The van der Waals surface area contributed by atoms with Gasteiger partial charge < -0.3 is 19.0 Å². The molecule has 7 nitrogen and oxygen atoms in total. The van der Waals surface area contributed by atoms with Crippen LogP contribution in [0.15, 0.2) is 53.1 Å². The molecule has 0 aliphatic carbocycles. The normalized spacial score (nSPS) is 17.8. The van der Waals surface area contributed by atoms with Gasteiger partial charge in [-0.15, -0.1) is 0 Å². The number of anilines is 1. The predicted octanol–water partition coefficient (Wildman–Crippen LogP) is 4.33. The van der Waals surface area contributed by atoms with E-state index < -0.39 is 5.54 Å². The van der Waals surface area contributed by atoms with Gasteiger partial charge >= 0.3 is 0 Å². The molecule has 2 amide bonds. The van der Waals surface area contributed by atoms with Crippen LogP contribution in [0.2, 0.25) is 0 Å². The molecule has 33 heavy (non-hydrogen) atoms. The Balaban J connectivity index is 1.76. The number of rotatable bonds is 8. The number of carbonyl (C=O) groups excluding carboxylic acids is 2. The van der Waals surface area contributed by atoms with E-state index >= 15 is 0 Å². The number of hydrogen-bond donors (Lipinski definition) is 1. The second-order valence-electron chi connectivity index (χ2n) is 8.68. The van der Waals surface area contributed by atoms with Crippen molar-refractivity contribution >= 4 is 17.5 Å². The number of aryl methyl sites for hydroxylation is 2. The van der Waals surface area contributed by atoms with Gasteiger partial charge in [-0.25, -0.2) is 0 Å². The summed E-state index contributed by atoms with van der Waals surface area (Å²) >= 11 is 0. The molecule has 0 bridgehead atoms. The number of benzene rings is 1. The van der Waals surface area contributed by atoms with Gasteiger partial charge in [-0.05, 0) is 75.6 Å². The maximum Gasteiger partial charge on any atom is 0.275 e. The standard InChI is InChI=1S/C26H31N3O4/c1-5-32-14-7-13-27-25(31)26(4)17-28-20(23-8-6-15-33-23)11-12-21(28)24(30)29(26)22-16-18(2)9-10-19(22)3/h6,8-12,15-16H,5,7,13-14,17H2,1-4H3,(H,27,31)/t26-/m1/s1. The highest BCUT2D eigenvalue weighted by atomic mass is 16.5. The number of nitrogens with one attached hydrogen (secondary N) is 1. The molecule has 7 heteroatoms. The quantitative estimate of drug-likeness (QED) is 0.520. The molecular formula is C26H31N3O4. The topological polar surface area (TPSA) is 76.7 Å². The molecule has 1 N–H and O–H groups in total. The van der Waals surface area contributed by atoms with Crippen LogP contribution in [0.3, 0.4) is 0 Å². The average molecular weight is 450 g/mol. The van der Waals surface area contributed by atoms with Crippen LogP contribution in [0.25, 0.3) is 11.5 Å². The lowest BCUT2D eigenvalue weighted by molar-refractivity contribution is -0.126. The number of aromatic nitrogens is 1. The van der Waals surface area contributed by atoms with Crippen molar-refractivity contribution in [2.45, 2.75) is 46.2 Å². The third kappa shape index (κ3) is 4.20. The first-order valence-corrected chi connectivity index (χ1v) is 11.4. The first kappa shape index (κ1) is 22.9. The molecule has 0 saturated heterocycles.